The van der Waals surface area contributed by atoms with E-state index in [1.807, 2.05) is 0 Å². The van der Waals surface area contributed by atoms with Crippen LogP contribution in [0.1, 0.15) is 22.0 Å². The highest BCUT2D eigenvalue weighted by Crippen LogP contribution is 2.40. The molecule has 2 aromatic carbocycles. The average molecular weight is 436 g/mol. The number of carbonyl (C=O) groups excluding carboxylic acids is 2. The van der Waals surface area contributed by atoms with Gasteiger partial charge < -0.3 is 14.8 Å². The Balaban J connectivity index is 1.98. The lowest BCUT2D eigenvalue weighted by Gasteiger charge is -2.28. The molecule has 1 atom stereocenters. The molecule has 0 saturated heterocycles. The minimum absolute atomic E-state index is 0.00817. The molecule has 0 bridgehead atoms. The maximum absolute atomic E-state index is 13.7. The molecule has 0 saturated carbocycles. The van der Waals surface area contributed by atoms with Crippen molar-refractivity contribution in [3.05, 3.63) is 81.0 Å². The van der Waals surface area contributed by atoms with Gasteiger partial charge in [0.25, 0.3) is 5.69 Å². The number of non-ortho nitro benzene ring substituents is 1. The Kier molecular flexibility index (Phi) is 5.33. The lowest BCUT2D eigenvalue weighted by molar-refractivity contribution is -0.384. The molecule has 0 aliphatic carbocycles. The van der Waals surface area contributed by atoms with Gasteiger partial charge in [0.15, 0.2) is 5.78 Å². The van der Waals surface area contributed by atoms with Gasteiger partial charge in [-0.1, -0.05) is 35.4 Å². The Morgan fingerprint density at radius 2 is 1.94 bits per heavy atom. The molecule has 2 heterocycles. The molecule has 0 radical (unpaired) electrons. The number of allylic oxidation sites excluding steroid dienone is 1. The summed E-state index contributed by atoms with van der Waals surface area (Å²) in [6.45, 7) is 0. The zero-order valence-electron chi connectivity index (χ0n) is 16.9. The number of anilines is 1. The van der Waals surface area contributed by atoms with E-state index >= 15 is 0 Å². The van der Waals surface area contributed by atoms with Crippen LogP contribution in [0.15, 0.2) is 59.8 Å². The van der Waals surface area contributed by atoms with Crippen LogP contribution in [0.4, 0.5) is 11.6 Å². The monoisotopic (exact) mass is 436 g/mol. The van der Waals surface area contributed by atoms with Crippen LogP contribution in [0, 0.1) is 10.1 Å². The zero-order valence-corrected chi connectivity index (χ0v) is 16.9. The van der Waals surface area contributed by atoms with Crippen LogP contribution in [-0.2, 0) is 9.53 Å². The number of nitrogens with zero attached hydrogens (tertiary/aromatic N) is 5. The number of rotatable bonds is 6. The second-order valence-corrected chi connectivity index (χ2v) is 6.63. The smallest absolute Gasteiger partial charge is 0.355 e. The van der Waals surface area contributed by atoms with Gasteiger partial charge in [0.1, 0.15) is 17.5 Å². The predicted octanol–water partition coefficient (Wildman–Crippen LogP) is 1.91. The number of ether oxygens (including phenoxy) is 2. The average Bonchev–Trinajstić information content (AvgIpc) is 3.30. The fourth-order valence-corrected chi connectivity index (χ4v) is 3.48. The van der Waals surface area contributed by atoms with Crippen molar-refractivity contribution in [2.24, 2.45) is 0 Å². The third-order valence-electron chi connectivity index (χ3n) is 4.90. The van der Waals surface area contributed by atoms with Gasteiger partial charge in [-0.3, -0.25) is 14.9 Å². The zero-order chi connectivity index (χ0) is 22.8. The van der Waals surface area contributed by atoms with Crippen molar-refractivity contribution in [2.45, 2.75) is 6.04 Å². The lowest BCUT2D eigenvalue weighted by Crippen LogP contribution is -2.33. The number of para-hydroxylation sites is 1. The van der Waals surface area contributed by atoms with E-state index in [2.05, 4.69) is 20.8 Å². The standard InChI is InChI=1S/C20H16N6O6/c1-31-14-9-4-3-8-13(14)17-15(18(27)11-6-5-7-12(10-11)26(29)30)16(19(28)32-2)21-20-22-23-24-25(17)20/h3-10,17H,1-2H3,(H,21,22,24)/t17-/m1/s1. The summed E-state index contributed by atoms with van der Waals surface area (Å²) < 4.78 is 11.7. The summed E-state index contributed by atoms with van der Waals surface area (Å²) in [6.07, 6.45) is 0. The molecular formula is C20H16N6O6. The topological polar surface area (TPSA) is 151 Å². The van der Waals surface area contributed by atoms with E-state index in [1.165, 1.54) is 37.1 Å². The third-order valence-corrected chi connectivity index (χ3v) is 4.90. The molecular weight excluding hydrogens is 420 g/mol. The molecule has 1 aliphatic rings. The number of methoxy groups -OCH3 is 2. The predicted molar refractivity (Wildman–Crippen MR) is 109 cm³/mol. The summed E-state index contributed by atoms with van der Waals surface area (Å²) in [5.74, 6) is -0.933. The first-order valence-electron chi connectivity index (χ1n) is 9.25. The van der Waals surface area contributed by atoms with Crippen LogP contribution in [0.25, 0.3) is 0 Å². The summed E-state index contributed by atoms with van der Waals surface area (Å²) in [5, 5.41) is 25.4. The summed E-state index contributed by atoms with van der Waals surface area (Å²) in [6, 6.07) is 11.1. The quantitative estimate of drug-likeness (QED) is 0.262. The Hall–Kier alpha value is -4.61. The molecule has 0 unspecified atom stereocenters. The summed E-state index contributed by atoms with van der Waals surface area (Å²) in [5.41, 5.74) is 0.00899. The first-order valence-corrected chi connectivity index (χ1v) is 9.25. The van der Waals surface area contributed by atoms with Crippen LogP contribution in [-0.4, -0.2) is 51.1 Å². The molecule has 12 nitrogen and oxygen atoms in total. The van der Waals surface area contributed by atoms with Crippen molar-refractivity contribution in [3.63, 3.8) is 0 Å². The van der Waals surface area contributed by atoms with Gasteiger partial charge in [0.2, 0.25) is 5.95 Å². The highest BCUT2D eigenvalue weighted by atomic mass is 16.6. The number of Topliss-reactive ketones (excluding diaryl/α,β-unsaturated/α-hetero) is 1. The summed E-state index contributed by atoms with van der Waals surface area (Å²) in [7, 11) is 2.63. The number of hydrogen-bond acceptors (Lipinski definition) is 10. The molecule has 1 aromatic heterocycles. The molecule has 0 spiro atoms. The van der Waals surface area contributed by atoms with Crippen LogP contribution >= 0.6 is 0 Å². The number of nitro benzene ring substituents is 1. The van der Waals surface area contributed by atoms with Crippen molar-refractivity contribution in [3.8, 4) is 5.75 Å². The number of carbonyl (C=O) groups is 2. The van der Waals surface area contributed by atoms with Gasteiger partial charge in [-0.05, 0) is 16.5 Å². The third kappa shape index (κ3) is 3.43. The Bertz CT molecular complexity index is 1270. The van der Waals surface area contributed by atoms with Crippen molar-refractivity contribution < 1.29 is 24.0 Å². The second kappa shape index (κ2) is 8.26. The molecule has 162 valence electrons. The fraction of sp³-hybridized carbons (Fsp3) is 0.150. The van der Waals surface area contributed by atoms with Crippen molar-refractivity contribution >= 4 is 23.4 Å². The highest BCUT2D eigenvalue weighted by molar-refractivity contribution is 6.15. The minimum atomic E-state index is -0.974. The lowest BCUT2D eigenvalue weighted by atomic mass is 9.89. The molecule has 4 rings (SSSR count). The number of fused-ring (bicyclic) bond motifs is 1. The van der Waals surface area contributed by atoms with Gasteiger partial charge in [-0.25, -0.2) is 4.79 Å². The molecule has 3 aromatic rings. The Morgan fingerprint density at radius 1 is 1.16 bits per heavy atom. The molecule has 12 heteroatoms. The number of nitro groups is 1. The van der Waals surface area contributed by atoms with Gasteiger partial charge in [0.05, 0.1) is 24.7 Å². The normalized spacial score (nSPS) is 14.9. The van der Waals surface area contributed by atoms with Crippen LogP contribution < -0.4 is 10.1 Å². The summed E-state index contributed by atoms with van der Waals surface area (Å²) in [4.78, 5) is 36.9. The van der Waals surface area contributed by atoms with Gasteiger partial charge in [-0.2, -0.15) is 4.68 Å². The summed E-state index contributed by atoms with van der Waals surface area (Å²) >= 11 is 0. The second-order valence-electron chi connectivity index (χ2n) is 6.63. The van der Waals surface area contributed by atoms with E-state index in [1.54, 1.807) is 24.3 Å². The van der Waals surface area contributed by atoms with Gasteiger partial charge in [0, 0.05) is 23.3 Å². The van der Waals surface area contributed by atoms with E-state index in [-0.39, 0.29) is 28.5 Å². The first kappa shape index (κ1) is 20.7. The Labute approximate surface area is 180 Å². The first-order chi connectivity index (χ1) is 15.5. The van der Waals surface area contributed by atoms with Crippen LogP contribution in [0.3, 0.4) is 0 Å². The van der Waals surface area contributed by atoms with E-state index in [0.29, 0.717) is 11.3 Å². The van der Waals surface area contributed by atoms with E-state index in [0.717, 1.165) is 6.07 Å². The highest BCUT2D eigenvalue weighted by Gasteiger charge is 2.39. The minimum Gasteiger partial charge on any atom is -0.496 e. The van der Waals surface area contributed by atoms with Crippen molar-refractivity contribution in [1.29, 1.82) is 0 Å². The molecule has 1 N–H and O–H groups in total. The van der Waals surface area contributed by atoms with Crippen molar-refractivity contribution in [2.75, 3.05) is 19.5 Å². The van der Waals surface area contributed by atoms with Crippen LogP contribution in [0.2, 0.25) is 0 Å². The number of esters is 1. The number of nitrogens with one attached hydrogen (secondary N) is 1. The molecule has 32 heavy (non-hydrogen) atoms. The number of hydrogen-bond donors (Lipinski definition) is 1. The number of benzene rings is 2. The maximum atomic E-state index is 13.7. The molecule has 0 amide bonds. The number of ketones is 1. The maximum Gasteiger partial charge on any atom is 0.355 e. The van der Waals surface area contributed by atoms with Crippen LogP contribution in [0.5, 0.6) is 5.75 Å². The van der Waals surface area contributed by atoms with Gasteiger partial charge in [-0.15, -0.1) is 0 Å². The van der Waals surface area contributed by atoms with Gasteiger partial charge >= 0.3 is 5.97 Å². The van der Waals surface area contributed by atoms with Crippen molar-refractivity contribution in [1.82, 2.24) is 20.2 Å². The number of aromatic nitrogens is 4. The number of tetrazole rings is 1. The molecule has 1 aliphatic heterocycles. The van der Waals surface area contributed by atoms with E-state index in [4.69, 9.17) is 9.47 Å². The molecule has 0 fully saturated rings. The SMILES string of the molecule is COC(=O)C1=C(C(=O)c2cccc([N+](=O)[O-])c2)[C@@H](c2ccccc2OC)n2nnnc2N1. The fourth-order valence-electron chi connectivity index (χ4n) is 3.48. The Morgan fingerprint density at radius 3 is 2.66 bits per heavy atom. The van der Waals surface area contributed by atoms with E-state index in [9.17, 15) is 19.7 Å². The van der Waals surface area contributed by atoms with E-state index < -0.39 is 22.7 Å². The largest absolute Gasteiger partial charge is 0.496 e.